The monoisotopic (exact) mass is 447 g/mol. The van der Waals surface area contributed by atoms with Crippen molar-refractivity contribution in [1.82, 2.24) is 4.98 Å². The molecule has 0 amide bonds. The Morgan fingerprint density at radius 3 is 2.30 bits per heavy atom. The summed E-state index contributed by atoms with van der Waals surface area (Å²) in [6.07, 6.45) is 1.67. The van der Waals surface area contributed by atoms with Gasteiger partial charge in [-0.05, 0) is 24.3 Å². The maximum atomic E-state index is 5.34. The van der Waals surface area contributed by atoms with Crippen LogP contribution in [-0.2, 0) is 0 Å². The van der Waals surface area contributed by atoms with E-state index in [0.29, 0.717) is 22.4 Å². The molecule has 0 aliphatic rings. The molecule has 3 aromatic rings. The SMILES string of the molecule is COc1cc(/C=N\Nc2nc(-c3ccc(Br)cc3)cs2)cc(OC)c1OC. The standard InChI is InChI=1S/C19H18BrN3O3S/c1-24-16-8-12(9-17(25-2)18(16)26-3)10-21-23-19-22-15(11-27-19)13-4-6-14(20)7-5-13/h4-11H,1-3H3,(H,22,23)/b21-10-. The predicted molar refractivity (Wildman–Crippen MR) is 113 cm³/mol. The van der Waals surface area contributed by atoms with E-state index in [4.69, 9.17) is 14.2 Å². The number of ether oxygens (including phenoxy) is 3. The topological polar surface area (TPSA) is 65.0 Å². The molecule has 140 valence electrons. The van der Waals surface area contributed by atoms with Gasteiger partial charge in [-0.15, -0.1) is 11.3 Å². The molecule has 0 bridgehead atoms. The van der Waals surface area contributed by atoms with Crippen molar-refractivity contribution in [1.29, 1.82) is 0 Å². The molecule has 8 heteroatoms. The summed E-state index contributed by atoms with van der Waals surface area (Å²) in [5, 5.41) is 6.94. The summed E-state index contributed by atoms with van der Waals surface area (Å²) in [4.78, 5) is 4.55. The van der Waals surface area contributed by atoms with E-state index in [2.05, 4.69) is 31.4 Å². The molecule has 1 aromatic heterocycles. The highest BCUT2D eigenvalue weighted by molar-refractivity contribution is 9.10. The number of nitrogens with one attached hydrogen (secondary N) is 1. The quantitative estimate of drug-likeness (QED) is 0.405. The van der Waals surface area contributed by atoms with E-state index in [9.17, 15) is 0 Å². The Hall–Kier alpha value is -2.58. The minimum Gasteiger partial charge on any atom is -0.493 e. The van der Waals surface area contributed by atoms with Gasteiger partial charge in [0.15, 0.2) is 11.5 Å². The number of hydrazone groups is 1. The third-order valence-corrected chi connectivity index (χ3v) is 4.98. The fourth-order valence-corrected chi connectivity index (χ4v) is 3.35. The Morgan fingerprint density at radius 2 is 1.70 bits per heavy atom. The Labute approximate surface area is 169 Å². The van der Waals surface area contributed by atoms with Gasteiger partial charge >= 0.3 is 0 Å². The highest BCUT2D eigenvalue weighted by Gasteiger charge is 2.12. The second kappa shape index (κ2) is 8.88. The lowest BCUT2D eigenvalue weighted by atomic mass is 10.2. The van der Waals surface area contributed by atoms with Crippen molar-refractivity contribution in [2.45, 2.75) is 0 Å². The number of thiazole rings is 1. The van der Waals surface area contributed by atoms with E-state index in [1.807, 2.05) is 41.8 Å². The van der Waals surface area contributed by atoms with Crippen molar-refractivity contribution in [3.05, 3.63) is 51.8 Å². The predicted octanol–water partition coefficient (Wildman–Crippen LogP) is 5.04. The van der Waals surface area contributed by atoms with Gasteiger partial charge in [0.05, 0.1) is 33.2 Å². The lowest BCUT2D eigenvalue weighted by molar-refractivity contribution is 0.324. The molecule has 0 fully saturated rings. The minimum atomic E-state index is 0.546. The number of halogens is 1. The van der Waals surface area contributed by atoms with Crippen LogP contribution in [0.4, 0.5) is 5.13 Å². The number of hydrogen-bond acceptors (Lipinski definition) is 7. The summed E-state index contributed by atoms with van der Waals surface area (Å²) in [7, 11) is 4.73. The molecule has 2 aromatic carbocycles. The molecular weight excluding hydrogens is 430 g/mol. The first-order valence-electron chi connectivity index (χ1n) is 7.95. The summed E-state index contributed by atoms with van der Waals surface area (Å²) >= 11 is 4.92. The zero-order valence-electron chi connectivity index (χ0n) is 15.0. The van der Waals surface area contributed by atoms with Crippen LogP contribution in [-0.4, -0.2) is 32.5 Å². The van der Waals surface area contributed by atoms with E-state index in [0.717, 1.165) is 21.3 Å². The zero-order valence-corrected chi connectivity index (χ0v) is 17.4. The van der Waals surface area contributed by atoms with Crippen LogP contribution < -0.4 is 19.6 Å². The summed E-state index contributed by atoms with van der Waals surface area (Å²) in [5.41, 5.74) is 5.71. The smallest absolute Gasteiger partial charge is 0.203 e. The van der Waals surface area contributed by atoms with Crippen LogP contribution in [0.15, 0.2) is 51.4 Å². The van der Waals surface area contributed by atoms with Crippen LogP contribution in [0.2, 0.25) is 0 Å². The molecule has 3 rings (SSSR count). The lowest BCUT2D eigenvalue weighted by Crippen LogP contribution is -1.97. The van der Waals surface area contributed by atoms with Gasteiger partial charge in [0.1, 0.15) is 0 Å². The molecule has 0 atom stereocenters. The van der Waals surface area contributed by atoms with Gasteiger partial charge in [0.2, 0.25) is 10.9 Å². The molecule has 27 heavy (non-hydrogen) atoms. The number of nitrogens with zero attached hydrogens (tertiary/aromatic N) is 2. The van der Waals surface area contributed by atoms with Gasteiger partial charge in [0.25, 0.3) is 0 Å². The van der Waals surface area contributed by atoms with Crippen LogP contribution in [0, 0.1) is 0 Å². The molecule has 0 radical (unpaired) electrons. The molecule has 0 unspecified atom stereocenters. The third-order valence-electron chi connectivity index (χ3n) is 3.71. The molecule has 0 aliphatic heterocycles. The van der Waals surface area contributed by atoms with Crippen molar-refractivity contribution in [2.24, 2.45) is 5.10 Å². The number of hydrogen-bond donors (Lipinski definition) is 1. The second-order valence-corrected chi connectivity index (χ2v) is 7.15. The van der Waals surface area contributed by atoms with Gasteiger partial charge in [-0.1, -0.05) is 28.1 Å². The normalized spacial score (nSPS) is 10.8. The number of benzene rings is 2. The molecule has 6 nitrogen and oxygen atoms in total. The molecule has 1 heterocycles. The van der Waals surface area contributed by atoms with Crippen molar-refractivity contribution < 1.29 is 14.2 Å². The molecular formula is C19H18BrN3O3S. The van der Waals surface area contributed by atoms with Crippen LogP contribution >= 0.6 is 27.3 Å². The van der Waals surface area contributed by atoms with Crippen LogP contribution in [0.1, 0.15) is 5.56 Å². The van der Waals surface area contributed by atoms with E-state index in [1.165, 1.54) is 11.3 Å². The zero-order chi connectivity index (χ0) is 19.2. The largest absolute Gasteiger partial charge is 0.493 e. The summed E-state index contributed by atoms with van der Waals surface area (Å²) in [6, 6.07) is 11.7. The van der Waals surface area contributed by atoms with E-state index in [1.54, 1.807) is 27.5 Å². The van der Waals surface area contributed by atoms with Gasteiger partial charge in [-0.25, -0.2) is 4.98 Å². The van der Waals surface area contributed by atoms with Crippen molar-refractivity contribution in [3.63, 3.8) is 0 Å². The third kappa shape index (κ3) is 4.58. The number of aromatic nitrogens is 1. The first-order valence-corrected chi connectivity index (χ1v) is 9.62. The van der Waals surface area contributed by atoms with Gasteiger partial charge in [0, 0.05) is 21.0 Å². The lowest BCUT2D eigenvalue weighted by Gasteiger charge is -2.12. The van der Waals surface area contributed by atoms with Gasteiger partial charge in [-0.2, -0.15) is 5.10 Å². The van der Waals surface area contributed by atoms with Gasteiger partial charge < -0.3 is 14.2 Å². The number of anilines is 1. The van der Waals surface area contributed by atoms with Gasteiger partial charge in [-0.3, -0.25) is 5.43 Å². The Morgan fingerprint density at radius 1 is 1.04 bits per heavy atom. The molecule has 1 N–H and O–H groups in total. The molecule has 0 saturated carbocycles. The number of rotatable bonds is 7. The maximum Gasteiger partial charge on any atom is 0.203 e. The van der Waals surface area contributed by atoms with Crippen molar-refractivity contribution in [3.8, 4) is 28.5 Å². The fourth-order valence-electron chi connectivity index (χ4n) is 2.42. The number of methoxy groups -OCH3 is 3. The molecule has 0 spiro atoms. The Kier molecular flexibility index (Phi) is 6.31. The van der Waals surface area contributed by atoms with E-state index >= 15 is 0 Å². The van der Waals surface area contributed by atoms with Crippen molar-refractivity contribution in [2.75, 3.05) is 26.8 Å². The van der Waals surface area contributed by atoms with Crippen molar-refractivity contribution >= 4 is 38.6 Å². The summed E-state index contributed by atoms with van der Waals surface area (Å²) in [5.74, 6) is 1.69. The van der Waals surface area contributed by atoms with Crippen LogP contribution in [0.25, 0.3) is 11.3 Å². The average Bonchev–Trinajstić information content (AvgIpc) is 3.16. The second-order valence-electron chi connectivity index (χ2n) is 5.37. The first-order chi connectivity index (χ1) is 13.1. The first kappa shape index (κ1) is 19.2. The minimum absolute atomic E-state index is 0.546. The maximum absolute atomic E-state index is 5.34. The highest BCUT2D eigenvalue weighted by atomic mass is 79.9. The summed E-state index contributed by atoms with van der Waals surface area (Å²) in [6.45, 7) is 0. The molecule has 0 saturated heterocycles. The molecule has 0 aliphatic carbocycles. The summed E-state index contributed by atoms with van der Waals surface area (Å²) < 4.78 is 17.0. The van der Waals surface area contributed by atoms with E-state index < -0.39 is 0 Å². The van der Waals surface area contributed by atoms with Crippen LogP contribution in [0.3, 0.4) is 0 Å². The highest BCUT2D eigenvalue weighted by Crippen LogP contribution is 2.37. The van der Waals surface area contributed by atoms with E-state index in [-0.39, 0.29) is 0 Å². The Bertz CT molecular complexity index is 917. The van der Waals surface area contributed by atoms with Crippen LogP contribution in [0.5, 0.6) is 17.2 Å². The fraction of sp³-hybridized carbons (Fsp3) is 0.158. The average molecular weight is 448 g/mol. The Balaban J connectivity index is 1.73.